The summed E-state index contributed by atoms with van der Waals surface area (Å²) in [5.74, 6) is -1.07. The minimum atomic E-state index is -0.630. The quantitative estimate of drug-likeness (QED) is 0.837. The lowest BCUT2D eigenvalue weighted by Crippen LogP contribution is -2.47. The largest absolute Gasteiger partial charge is 0.502 e. The van der Waals surface area contributed by atoms with E-state index in [1.165, 1.54) is 25.7 Å². The molecule has 132 valence electrons. The summed E-state index contributed by atoms with van der Waals surface area (Å²) in [6.07, 6.45) is 6.91. The van der Waals surface area contributed by atoms with Crippen molar-refractivity contribution in [3.63, 3.8) is 0 Å². The van der Waals surface area contributed by atoms with Gasteiger partial charge in [0.05, 0.1) is 12.7 Å². The maximum absolute atomic E-state index is 11.9. The molecule has 2 heterocycles. The van der Waals surface area contributed by atoms with Gasteiger partial charge >= 0.3 is 0 Å². The van der Waals surface area contributed by atoms with Gasteiger partial charge in [-0.2, -0.15) is 0 Å². The van der Waals surface area contributed by atoms with Crippen LogP contribution in [-0.2, 0) is 4.74 Å². The van der Waals surface area contributed by atoms with Crippen molar-refractivity contribution in [3.8, 4) is 5.75 Å². The van der Waals surface area contributed by atoms with E-state index in [1.807, 2.05) is 0 Å². The number of nitrogens with one attached hydrogen (secondary N) is 1. The highest BCUT2D eigenvalue weighted by Crippen LogP contribution is 2.25. The first-order chi connectivity index (χ1) is 11.6. The number of hydrogen-bond acceptors (Lipinski definition) is 6. The second-order valence-corrected chi connectivity index (χ2v) is 6.46. The van der Waals surface area contributed by atoms with Crippen LogP contribution in [0.3, 0.4) is 0 Å². The van der Waals surface area contributed by atoms with Crippen LogP contribution in [0.2, 0.25) is 0 Å². The molecule has 0 spiro atoms. The molecular formula is C17H24N2O5. The van der Waals surface area contributed by atoms with Crippen LogP contribution in [-0.4, -0.2) is 54.3 Å². The Morgan fingerprint density at radius 2 is 2.17 bits per heavy atom. The van der Waals surface area contributed by atoms with E-state index < -0.39 is 17.1 Å². The molecule has 1 atom stereocenters. The molecule has 0 bridgehead atoms. The van der Waals surface area contributed by atoms with E-state index in [0.717, 1.165) is 38.4 Å². The Bertz CT molecular complexity index is 624. The molecule has 24 heavy (non-hydrogen) atoms. The Morgan fingerprint density at radius 1 is 1.38 bits per heavy atom. The van der Waals surface area contributed by atoms with Crippen molar-refractivity contribution in [3.05, 3.63) is 28.3 Å². The Kier molecular flexibility index (Phi) is 5.52. The van der Waals surface area contributed by atoms with Crippen LogP contribution in [0.15, 0.2) is 21.5 Å². The number of ether oxygens (including phenoxy) is 1. The molecule has 1 aromatic rings. The fourth-order valence-electron chi connectivity index (χ4n) is 3.48. The smallest absolute Gasteiger partial charge is 0.287 e. The van der Waals surface area contributed by atoms with Crippen LogP contribution < -0.4 is 10.7 Å². The van der Waals surface area contributed by atoms with Crippen LogP contribution in [0.5, 0.6) is 5.75 Å². The molecule has 2 aliphatic rings. The number of nitrogens with zero attached hydrogens (tertiary/aromatic N) is 1. The predicted octanol–water partition coefficient (Wildman–Crippen LogP) is 1.11. The maximum atomic E-state index is 11.9. The van der Waals surface area contributed by atoms with Gasteiger partial charge < -0.3 is 19.6 Å². The fourth-order valence-corrected chi connectivity index (χ4v) is 3.48. The molecule has 0 radical (unpaired) electrons. The number of hydrogen-bond donors (Lipinski definition) is 2. The number of carbonyl (C=O) groups is 1. The van der Waals surface area contributed by atoms with Crippen molar-refractivity contribution in [2.24, 2.45) is 0 Å². The van der Waals surface area contributed by atoms with Crippen molar-refractivity contribution in [1.82, 2.24) is 10.2 Å². The molecular weight excluding hydrogens is 312 g/mol. The molecule has 7 heteroatoms. The van der Waals surface area contributed by atoms with E-state index in [0.29, 0.717) is 12.6 Å². The normalized spacial score (nSPS) is 22.6. The Labute approximate surface area is 140 Å². The van der Waals surface area contributed by atoms with Crippen LogP contribution in [0.4, 0.5) is 0 Å². The van der Waals surface area contributed by atoms with Gasteiger partial charge in [0, 0.05) is 31.7 Å². The fraction of sp³-hybridized carbons (Fsp3) is 0.647. The van der Waals surface area contributed by atoms with Gasteiger partial charge in [0.1, 0.15) is 6.26 Å². The standard InChI is InChI=1S/C17H24N2O5/c20-14-9-16(24-11-15(14)21)17(22)18-6-5-13-10-19(7-8-23-13)12-3-1-2-4-12/h9,11-13,21H,1-8,10H2,(H,18,22). The third kappa shape index (κ3) is 4.15. The molecule has 7 nitrogen and oxygen atoms in total. The number of morpholine rings is 1. The summed E-state index contributed by atoms with van der Waals surface area (Å²) in [7, 11) is 0. The third-order valence-corrected chi connectivity index (χ3v) is 4.80. The molecule has 1 saturated heterocycles. The third-order valence-electron chi connectivity index (χ3n) is 4.80. The van der Waals surface area contributed by atoms with Gasteiger partial charge in [0.15, 0.2) is 11.5 Å². The Hall–Kier alpha value is -1.86. The average Bonchev–Trinajstić information content (AvgIpc) is 3.12. The van der Waals surface area contributed by atoms with Crippen molar-refractivity contribution in [2.45, 2.75) is 44.2 Å². The number of carbonyl (C=O) groups excluding carboxylic acids is 1. The minimum Gasteiger partial charge on any atom is -0.502 e. The lowest BCUT2D eigenvalue weighted by atomic mass is 10.1. The number of amides is 1. The Morgan fingerprint density at radius 3 is 2.92 bits per heavy atom. The first kappa shape index (κ1) is 17.0. The molecule has 1 aromatic heterocycles. The van der Waals surface area contributed by atoms with E-state index in [9.17, 15) is 9.59 Å². The molecule has 1 amide bonds. The zero-order valence-corrected chi connectivity index (χ0v) is 13.7. The molecule has 1 unspecified atom stereocenters. The molecule has 0 aromatic carbocycles. The van der Waals surface area contributed by atoms with E-state index in [-0.39, 0.29) is 11.9 Å². The summed E-state index contributed by atoms with van der Waals surface area (Å²) in [6.45, 7) is 3.09. The first-order valence-electron chi connectivity index (χ1n) is 8.59. The predicted molar refractivity (Wildman–Crippen MR) is 87.2 cm³/mol. The van der Waals surface area contributed by atoms with Crippen LogP contribution in [0.25, 0.3) is 0 Å². The van der Waals surface area contributed by atoms with Crippen LogP contribution >= 0.6 is 0 Å². The van der Waals surface area contributed by atoms with Crippen molar-refractivity contribution in [2.75, 3.05) is 26.2 Å². The summed E-state index contributed by atoms with van der Waals surface area (Å²) in [5.41, 5.74) is -0.630. The van der Waals surface area contributed by atoms with Crippen LogP contribution in [0.1, 0.15) is 42.7 Å². The van der Waals surface area contributed by atoms with Crippen molar-refractivity contribution < 1.29 is 19.1 Å². The molecule has 3 rings (SSSR count). The molecule has 1 aliphatic heterocycles. The van der Waals surface area contributed by atoms with Crippen LogP contribution in [0, 0.1) is 0 Å². The topological polar surface area (TPSA) is 92.0 Å². The van der Waals surface area contributed by atoms with Gasteiger partial charge in [-0.25, -0.2) is 0 Å². The van der Waals surface area contributed by atoms with E-state index in [2.05, 4.69) is 10.2 Å². The maximum Gasteiger partial charge on any atom is 0.287 e. The highest BCUT2D eigenvalue weighted by atomic mass is 16.5. The first-order valence-corrected chi connectivity index (χ1v) is 8.59. The molecule has 1 aliphatic carbocycles. The van der Waals surface area contributed by atoms with Gasteiger partial charge in [0.2, 0.25) is 5.43 Å². The molecule has 2 N–H and O–H groups in total. The van der Waals surface area contributed by atoms with E-state index >= 15 is 0 Å². The Balaban J connectivity index is 1.44. The lowest BCUT2D eigenvalue weighted by Gasteiger charge is -2.36. The SMILES string of the molecule is O=C(NCCC1CN(C2CCCC2)CCO1)c1cc(=O)c(O)co1. The highest BCUT2D eigenvalue weighted by Gasteiger charge is 2.28. The van der Waals surface area contributed by atoms with E-state index in [1.54, 1.807) is 0 Å². The zero-order chi connectivity index (χ0) is 16.9. The van der Waals surface area contributed by atoms with Gasteiger partial charge in [-0.1, -0.05) is 12.8 Å². The zero-order valence-electron chi connectivity index (χ0n) is 13.7. The van der Waals surface area contributed by atoms with E-state index in [4.69, 9.17) is 14.3 Å². The second kappa shape index (κ2) is 7.81. The van der Waals surface area contributed by atoms with Gasteiger partial charge in [-0.3, -0.25) is 14.5 Å². The van der Waals surface area contributed by atoms with Gasteiger partial charge in [0.25, 0.3) is 5.91 Å². The average molecular weight is 336 g/mol. The molecule has 1 saturated carbocycles. The van der Waals surface area contributed by atoms with Crippen molar-refractivity contribution >= 4 is 5.91 Å². The summed E-state index contributed by atoms with van der Waals surface area (Å²) >= 11 is 0. The summed E-state index contributed by atoms with van der Waals surface area (Å²) in [6, 6.07) is 1.68. The number of rotatable bonds is 5. The lowest BCUT2D eigenvalue weighted by molar-refractivity contribution is -0.0449. The summed E-state index contributed by atoms with van der Waals surface area (Å²) in [4.78, 5) is 25.8. The van der Waals surface area contributed by atoms with Gasteiger partial charge in [-0.05, 0) is 19.3 Å². The summed E-state index contributed by atoms with van der Waals surface area (Å²) in [5, 5.41) is 11.9. The number of aromatic hydroxyl groups is 1. The van der Waals surface area contributed by atoms with Gasteiger partial charge in [-0.15, -0.1) is 0 Å². The van der Waals surface area contributed by atoms with Crippen molar-refractivity contribution in [1.29, 1.82) is 0 Å². The summed E-state index contributed by atoms with van der Waals surface area (Å²) < 4.78 is 10.7. The molecule has 2 fully saturated rings. The monoisotopic (exact) mass is 336 g/mol. The second-order valence-electron chi connectivity index (χ2n) is 6.46. The highest BCUT2D eigenvalue weighted by molar-refractivity contribution is 5.91. The minimum absolute atomic E-state index is 0.102.